The van der Waals surface area contributed by atoms with E-state index in [2.05, 4.69) is 20.8 Å². The average molecular weight is 241 g/mol. The van der Waals surface area contributed by atoms with Crippen LogP contribution in [0.25, 0.3) is 0 Å². The van der Waals surface area contributed by atoms with Gasteiger partial charge in [0.25, 0.3) is 0 Å². The molecule has 1 N–H and O–H groups in total. The van der Waals surface area contributed by atoms with E-state index in [-0.39, 0.29) is 22.8 Å². The summed E-state index contributed by atoms with van der Waals surface area (Å²) in [6.07, 6.45) is 1.96. The molecule has 0 aromatic heterocycles. The first-order chi connectivity index (χ1) is 7.62. The maximum absolute atomic E-state index is 12.1. The Morgan fingerprint density at radius 1 is 1.41 bits per heavy atom. The third kappa shape index (κ3) is 4.30. The molecule has 3 heteroatoms. The van der Waals surface area contributed by atoms with Gasteiger partial charge in [0.2, 0.25) is 5.91 Å². The number of amides is 1. The van der Waals surface area contributed by atoms with Crippen molar-refractivity contribution in [3.63, 3.8) is 0 Å². The minimum absolute atomic E-state index is 0.171. The van der Waals surface area contributed by atoms with Crippen molar-refractivity contribution in [3.05, 3.63) is 0 Å². The Morgan fingerprint density at radius 2 is 2.00 bits per heavy atom. The Kier molecular flexibility index (Phi) is 4.23. The first-order valence-electron chi connectivity index (χ1n) is 6.58. The lowest BCUT2D eigenvalue weighted by molar-refractivity contribution is -0.138. The van der Waals surface area contributed by atoms with Crippen molar-refractivity contribution < 1.29 is 9.90 Å². The Hall–Kier alpha value is -0.570. The van der Waals surface area contributed by atoms with Crippen LogP contribution in [0.2, 0.25) is 0 Å². The Morgan fingerprint density at radius 3 is 2.47 bits per heavy atom. The number of carbonyl (C=O) groups is 1. The molecule has 100 valence electrons. The second kappa shape index (κ2) is 4.97. The molecule has 1 atom stereocenters. The summed E-state index contributed by atoms with van der Waals surface area (Å²) in [4.78, 5) is 14.0. The zero-order valence-corrected chi connectivity index (χ0v) is 11.9. The van der Waals surface area contributed by atoms with Gasteiger partial charge in [0.05, 0.1) is 6.10 Å². The summed E-state index contributed by atoms with van der Waals surface area (Å²) in [6.45, 7) is 11.9. The van der Waals surface area contributed by atoms with Gasteiger partial charge in [-0.3, -0.25) is 4.79 Å². The van der Waals surface area contributed by atoms with Crippen molar-refractivity contribution >= 4 is 5.91 Å². The van der Waals surface area contributed by atoms with Crippen molar-refractivity contribution in [3.8, 4) is 0 Å². The molecule has 1 amide bonds. The van der Waals surface area contributed by atoms with E-state index in [0.717, 1.165) is 6.42 Å². The molecule has 1 heterocycles. The monoisotopic (exact) mass is 241 g/mol. The predicted octanol–water partition coefficient (Wildman–Crippen LogP) is 2.43. The molecule has 1 aliphatic heterocycles. The fourth-order valence-electron chi connectivity index (χ4n) is 2.20. The highest BCUT2D eigenvalue weighted by Gasteiger charge is 2.36. The molecular weight excluding hydrogens is 214 g/mol. The smallest absolute Gasteiger partial charge is 0.222 e. The number of rotatable bonds is 2. The Bertz CT molecular complexity index is 278. The van der Waals surface area contributed by atoms with E-state index < -0.39 is 0 Å². The van der Waals surface area contributed by atoms with Crippen molar-refractivity contribution in [1.82, 2.24) is 4.90 Å². The van der Waals surface area contributed by atoms with E-state index in [4.69, 9.17) is 0 Å². The standard InChI is InChI=1S/C14H27NO2/c1-13(2,3)8-6-12(17)15-9-7-11(16)14(4,5)10-15/h11,16H,6-10H2,1-5H3. The van der Waals surface area contributed by atoms with Gasteiger partial charge < -0.3 is 10.0 Å². The van der Waals surface area contributed by atoms with Gasteiger partial charge in [0, 0.05) is 24.9 Å². The lowest BCUT2D eigenvalue weighted by Gasteiger charge is -2.42. The first-order valence-corrected chi connectivity index (χ1v) is 6.58. The van der Waals surface area contributed by atoms with Crippen LogP contribution in [0.1, 0.15) is 53.9 Å². The minimum Gasteiger partial charge on any atom is -0.392 e. The van der Waals surface area contributed by atoms with Gasteiger partial charge in [-0.2, -0.15) is 0 Å². The quantitative estimate of drug-likeness (QED) is 0.806. The van der Waals surface area contributed by atoms with Crippen LogP contribution in [0.15, 0.2) is 0 Å². The summed E-state index contributed by atoms with van der Waals surface area (Å²) >= 11 is 0. The number of hydrogen-bond acceptors (Lipinski definition) is 2. The Labute approximate surface area is 105 Å². The molecule has 0 aromatic carbocycles. The highest BCUT2D eigenvalue weighted by molar-refractivity contribution is 5.76. The third-order valence-electron chi connectivity index (χ3n) is 3.61. The van der Waals surface area contributed by atoms with Gasteiger partial charge in [0.1, 0.15) is 0 Å². The summed E-state index contributed by atoms with van der Waals surface area (Å²) in [6, 6.07) is 0. The average Bonchev–Trinajstić information content (AvgIpc) is 2.17. The zero-order chi connectivity index (χ0) is 13.3. The van der Waals surface area contributed by atoms with Crippen molar-refractivity contribution in [2.75, 3.05) is 13.1 Å². The van der Waals surface area contributed by atoms with Crippen LogP contribution in [-0.2, 0) is 4.79 Å². The maximum Gasteiger partial charge on any atom is 0.222 e. The van der Waals surface area contributed by atoms with Crippen LogP contribution < -0.4 is 0 Å². The van der Waals surface area contributed by atoms with Gasteiger partial charge in [-0.05, 0) is 18.3 Å². The number of likely N-dealkylation sites (tertiary alicyclic amines) is 1. The number of carbonyl (C=O) groups excluding carboxylic acids is 1. The summed E-state index contributed by atoms with van der Waals surface area (Å²) < 4.78 is 0. The fraction of sp³-hybridized carbons (Fsp3) is 0.929. The lowest BCUT2D eigenvalue weighted by Crippen LogP contribution is -2.50. The van der Waals surface area contributed by atoms with E-state index in [1.807, 2.05) is 18.7 Å². The molecule has 0 saturated carbocycles. The van der Waals surface area contributed by atoms with Crippen molar-refractivity contribution in [2.24, 2.45) is 10.8 Å². The topological polar surface area (TPSA) is 40.5 Å². The van der Waals surface area contributed by atoms with Crippen molar-refractivity contribution in [1.29, 1.82) is 0 Å². The van der Waals surface area contributed by atoms with Gasteiger partial charge in [-0.1, -0.05) is 34.6 Å². The molecular formula is C14H27NO2. The van der Waals surface area contributed by atoms with Gasteiger partial charge >= 0.3 is 0 Å². The second-order valence-corrected chi connectivity index (χ2v) is 7.17. The largest absolute Gasteiger partial charge is 0.392 e. The highest BCUT2D eigenvalue weighted by Crippen LogP contribution is 2.30. The summed E-state index contributed by atoms with van der Waals surface area (Å²) in [5.41, 5.74) is 0.0378. The molecule has 1 aliphatic rings. The van der Waals surface area contributed by atoms with Crippen LogP contribution in [0.4, 0.5) is 0 Å². The number of aliphatic hydroxyl groups excluding tert-OH is 1. The van der Waals surface area contributed by atoms with Gasteiger partial charge in [-0.15, -0.1) is 0 Å². The minimum atomic E-state index is -0.283. The summed E-state index contributed by atoms with van der Waals surface area (Å²) in [5.74, 6) is 0.236. The fourth-order valence-corrected chi connectivity index (χ4v) is 2.20. The highest BCUT2D eigenvalue weighted by atomic mass is 16.3. The van der Waals surface area contributed by atoms with Gasteiger partial charge in [0.15, 0.2) is 0 Å². The Balaban J connectivity index is 2.49. The molecule has 0 spiro atoms. The van der Waals surface area contributed by atoms with Crippen LogP contribution in [-0.4, -0.2) is 35.1 Å². The predicted molar refractivity (Wildman–Crippen MR) is 69.7 cm³/mol. The number of aliphatic hydroxyl groups is 1. The van der Waals surface area contributed by atoms with E-state index in [1.54, 1.807) is 0 Å². The molecule has 1 unspecified atom stereocenters. The number of piperidine rings is 1. The van der Waals surface area contributed by atoms with Crippen LogP contribution >= 0.6 is 0 Å². The maximum atomic E-state index is 12.1. The second-order valence-electron chi connectivity index (χ2n) is 7.17. The normalized spacial score (nSPS) is 24.8. The van der Waals surface area contributed by atoms with Crippen LogP contribution in [0.5, 0.6) is 0 Å². The lowest BCUT2D eigenvalue weighted by atomic mass is 9.81. The third-order valence-corrected chi connectivity index (χ3v) is 3.61. The molecule has 0 aromatic rings. The molecule has 0 aliphatic carbocycles. The van der Waals surface area contributed by atoms with E-state index >= 15 is 0 Å². The number of nitrogens with zero attached hydrogens (tertiary/aromatic N) is 1. The molecule has 0 bridgehead atoms. The van der Waals surface area contributed by atoms with Crippen molar-refractivity contribution in [2.45, 2.75) is 60.0 Å². The van der Waals surface area contributed by atoms with Gasteiger partial charge in [-0.25, -0.2) is 0 Å². The number of hydrogen-bond donors (Lipinski definition) is 1. The summed E-state index contributed by atoms with van der Waals surface area (Å²) in [7, 11) is 0. The summed E-state index contributed by atoms with van der Waals surface area (Å²) in [5, 5.41) is 9.86. The SMILES string of the molecule is CC(C)(C)CCC(=O)N1CCC(O)C(C)(C)C1. The van der Waals surface area contributed by atoms with Crippen LogP contribution in [0, 0.1) is 10.8 Å². The van der Waals surface area contributed by atoms with Crippen LogP contribution in [0.3, 0.4) is 0 Å². The zero-order valence-electron chi connectivity index (χ0n) is 11.9. The molecule has 1 rings (SSSR count). The first kappa shape index (κ1) is 14.5. The molecule has 17 heavy (non-hydrogen) atoms. The van der Waals surface area contributed by atoms with E-state index in [0.29, 0.717) is 25.9 Å². The molecule has 1 fully saturated rings. The van der Waals surface area contributed by atoms with E-state index in [9.17, 15) is 9.90 Å². The molecule has 1 saturated heterocycles. The molecule has 0 radical (unpaired) electrons. The van der Waals surface area contributed by atoms with E-state index in [1.165, 1.54) is 0 Å². The molecule has 3 nitrogen and oxygen atoms in total.